The average Bonchev–Trinajstić information content (AvgIpc) is 3.20. The molecule has 0 saturated carbocycles. The van der Waals surface area contributed by atoms with E-state index in [2.05, 4.69) is 6.58 Å². The van der Waals surface area contributed by atoms with Gasteiger partial charge in [0.25, 0.3) is 0 Å². The lowest BCUT2D eigenvalue weighted by atomic mass is 9.90. The van der Waals surface area contributed by atoms with Crippen LogP contribution < -0.4 is 0 Å². The number of hydrogen-bond acceptors (Lipinski definition) is 4. The highest BCUT2D eigenvalue weighted by atomic mass is 35.5. The summed E-state index contributed by atoms with van der Waals surface area (Å²) in [6.45, 7) is 4.87. The maximum atomic E-state index is 13.7. The fourth-order valence-corrected chi connectivity index (χ4v) is 7.75. The number of hydrogen-bond donors (Lipinski definition) is 0. The van der Waals surface area contributed by atoms with E-state index >= 15 is 0 Å². The standard InChI is InChI=1S/C21H22Cl2N2O3S2/c1-2-14-12-24(13-17-5-4-8-29-17)21(26)20-7-3-6-19(14)25(20)30(27,28)18-10-15(22)9-16(23)11-18/h2,4-5,8-11,14,19-20H,1,3,6-7,12-13H2/t14-,19?,20?/m0/s1. The van der Waals surface area contributed by atoms with Crippen molar-refractivity contribution in [3.05, 3.63) is 63.3 Å². The smallest absolute Gasteiger partial charge is 0.244 e. The summed E-state index contributed by atoms with van der Waals surface area (Å²) in [6, 6.07) is 7.13. The van der Waals surface area contributed by atoms with Crippen LogP contribution in [0.1, 0.15) is 24.1 Å². The number of carbonyl (C=O) groups excluding carboxylic acids is 1. The molecule has 0 spiro atoms. The summed E-state index contributed by atoms with van der Waals surface area (Å²) in [7, 11) is -3.98. The fraction of sp³-hybridized carbons (Fsp3) is 0.381. The minimum absolute atomic E-state index is 0.0132. The predicted octanol–water partition coefficient (Wildman–Crippen LogP) is 4.81. The van der Waals surface area contributed by atoms with Crippen LogP contribution in [0.4, 0.5) is 0 Å². The second-order valence-electron chi connectivity index (χ2n) is 7.65. The van der Waals surface area contributed by atoms with Gasteiger partial charge in [-0.1, -0.05) is 35.3 Å². The first-order valence-electron chi connectivity index (χ1n) is 9.74. The van der Waals surface area contributed by atoms with Gasteiger partial charge < -0.3 is 4.90 Å². The predicted molar refractivity (Wildman–Crippen MR) is 120 cm³/mol. The normalized spacial score (nSPS) is 25.2. The molecule has 2 aromatic rings. The average molecular weight is 485 g/mol. The van der Waals surface area contributed by atoms with Gasteiger partial charge in [0, 0.05) is 33.4 Å². The summed E-state index contributed by atoms with van der Waals surface area (Å²) in [6.07, 6.45) is 3.75. The van der Waals surface area contributed by atoms with Gasteiger partial charge in [-0.15, -0.1) is 17.9 Å². The van der Waals surface area contributed by atoms with Gasteiger partial charge in [0.15, 0.2) is 0 Å². The van der Waals surface area contributed by atoms with Crippen molar-refractivity contribution < 1.29 is 13.2 Å². The van der Waals surface area contributed by atoms with Crippen LogP contribution in [-0.2, 0) is 21.4 Å². The summed E-state index contributed by atoms with van der Waals surface area (Å²) in [5.74, 6) is -0.321. The van der Waals surface area contributed by atoms with Crippen LogP contribution in [0.3, 0.4) is 0 Å². The highest BCUT2D eigenvalue weighted by Crippen LogP contribution is 2.38. The molecule has 0 radical (unpaired) electrons. The molecule has 0 aliphatic carbocycles. The number of halogens is 2. The van der Waals surface area contributed by atoms with Crippen molar-refractivity contribution in [2.24, 2.45) is 5.92 Å². The van der Waals surface area contributed by atoms with E-state index in [1.165, 1.54) is 22.5 Å². The molecule has 2 fully saturated rings. The number of carbonyl (C=O) groups is 1. The molecule has 1 aromatic carbocycles. The quantitative estimate of drug-likeness (QED) is 0.572. The Morgan fingerprint density at radius 3 is 2.57 bits per heavy atom. The third-order valence-corrected chi connectivity index (χ3v) is 8.98. The summed E-state index contributed by atoms with van der Waals surface area (Å²) in [5, 5.41) is 2.46. The first-order chi connectivity index (χ1) is 14.3. The van der Waals surface area contributed by atoms with Crippen LogP contribution >= 0.6 is 34.5 Å². The van der Waals surface area contributed by atoms with Gasteiger partial charge >= 0.3 is 0 Å². The zero-order valence-electron chi connectivity index (χ0n) is 16.2. The SMILES string of the molecule is C=C[C@H]1CN(Cc2cccs2)C(=O)C2CCCC1N2S(=O)(=O)c1cc(Cl)cc(Cl)c1. The van der Waals surface area contributed by atoms with Crippen LogP contribution in [0.15, 0.2) is 53.3 Å². The molecule has 3 heterocycles. The van der Waals surface area contributed by atoms with Crippen LogP contribution in [0, 0.1) is 5.92 Å². The minimum Gasteiger partial charge on any atom is -0.336 e. The lowest BCUT2D eigenvalue weighted by molar-refractivity contribution is -0.135. The monoisotopic (exact) mass is 484 g/mol. The van der Waals surface area contributed by atoms with E-state index in [-0.39, 0.29) is 32.8 Å². The first kappa shape index (κ1) is 21.8. The molecule has 160 valence electrons. The van der Waals surface area contributed by atoms with Gasteiger partial charge in [-0.3, -0.25) is 4.79 Å². The van der Waals surface area contributed by atoms with Crippen molar-refractivity contribution in [1.82, 2.24) is 9.21 Å². The molecule has 9 heteroatoms. The molecule has 2 aliphatic rings. The van der Waals surface area contributed by atoms with E-state index in [0.717, 1.165) is 11.3 Å². The Bertz CT molecular complexity index is 1040. The topological polar surface area (TPSA) is 57.7 Å². The van der Waals surface area contributed by atoms with Crippen LogP contribution in [0.25, 0.3) is 0 Å². The summed E-state index contributed by atoms with van der Waals surface area (Å²) in [5.41, 5.74) is 0. The van der Waals surface area contributed by atoms with Crippen molar-refractivity contribution in [3.8, 4) is 0 Å². The number of rotatable bonds is 5. The Hall–Kier alpha value is -1.38. The number of piperidine rings is 1. The van der Waals surface area contributed by atoms with Gasteiger partial charge in [0.05, 0.1) is 11.4 Å². The van der Waals surface area contributed by atoms with E-state index in [9.17, 15) is 13.2 Å². The molecule has 2 aliphatic heterocycles. The number of fused-ring (bicyclic) bond motifs is 2. The third kappa shape index (κ3) is 4.06. The van der Waals surface area contributed by atoms with Crippen molar-refractivity contribution in [2.45, 2.75) is 42.8 Å². The van der Waals surface area contributed by atoms with Crippen LogP contribution in [0.5, 0.6) is 0 Å². The number of sulfonamides is 1. The highest BCUT2D eigenvalue weighted by molar-refractivity contribution is 7.89. The highest BCUT2D eigenvalue weighted by Gasteiger charge is 2.49. The Morgan fingerprint density at radius 2 is 1.93 bits per heavy atom. The van der Waals surface area contributed by atoms with E-state index in [4.69, 9.17) is 23.2 Å². The lowest BCUT2D eigenvalue weighted by Gasteiger charge is -2.40. The Balaban J connectivity index is 1.77. The van der Waals surface area contributed by atoms with Gasteiger partial charge in [-0.05, 0) is 48.9 Å². The molecule has 30 heavy (non-hydrogen) atoms. The zero-order valence-corrected chi connectivity index (χ0v) is 19.4. The maximum Gasteiger partial charge on any atom is 0.244 e. The second-order valence-corrected chi connectivity index (χ2v) is 11.4. The van der Waals surface area contributed by atoms with E-state index in [0.29, 0.717) is 25.9 Å². The molecule has 2 bridgehead atoms. The number of benzene rings is 1. The van der Waals surface area contributed by atoms with Gasteiger partial charge in [0.1, 0.15) is 6.04 Å². The van der Waals surface area contributed by atoms with Crippen molar-refractivity contribution in [3.63, 3.8) is 0 Å². The third-order valence-electron chi connectivity index (χ3n) is 5.77. The van der Waals surface area contributed by atoms with E-state index in [1.54, 1.807) is 22.3 Å². The summed E-state index contributed by atoms with van der Waals surface area (Å²) >= 11 is 13.7. The first-order valence-corrected chi connectivity index (χ1v) is 12.8. The van der Waals surface area contributed by atoms with Crippen molar-refractivity contribution in [1.29, 1.82) is 0 Å². The molecule has 4 rings (SSSR count). The van der Waals surface area contributed by atoms with Crippen LogP contribution in [0.2, 0.25) is 10.0 Å². The van der Waals surface area contributed by atoms with Gasteiger partial charge in [0.2, 0.25) is 15.9 Å². The van der Waals surface area contributed by atoms with E-state index in [1.807, 2.05) is 17.5 Å². The second kappa shape index (κ2) is 8.63. The Labute approximate surface area is 190 Å². The van der Waals surface area contributed by atoms with Crippen molar-refractivity contribution in [2.75, 3.05) is 6.54 Å². The fourth-order valence-electron chi connectivity index (χ4n) is 4.43. The molecular formula is C21H22Cl2N2O3S2. The molecule has 2 unspecified atom stereocenters. The minimum atomic E-state index is -3.98. The molecular weight excluding hydrogens is 463 g/mol. The largest absolute Gasteiger partial charge is 0.336 e. The van der Waals surface area contributed by atoms with Crippen molar-refractivity contribution >= 4 is 50.5 Å². The summed E-state index contributed by atoms with van der Waals surface area (Å²) in [4.78, 5) is 16.4. The molecule has 0 N–H and O–H groups in total. The number of amides is 1. The zero-order chi connectivity index (χ0) is 21.5. The lowest BCUT2D eigenvalue weighted by Crippen LogP contribution is -2.54. The Morgan fingerprint density at radius 1 is 1.20 bits per heavy atom. The molecule has 3 atom stereocenters. The number of thiophene rings is 1. The Kier molecular flexibility index (Phi) is 6.28. The van der Waals surface area contributed by atoms with E-state index < -0.39 is 16.1 Å². The maximum absolute atomic E-state index is 13.7. The molecule has 1 aromatic heterocycles. The van der Waals surface area contributed by atoms with Gasteiger partial charge in [-0.2, -0.15) is 4.31 Å². The summed E-state index contributed by atoms with van der Waals surface area (Å²) < 4.78 is 28.8. The van der Waals surface area contributed by atoms with Gasteiger partial charge in [-0.25, -0.2) is 8.42 Å². The molecule has 2 saturated heterocycles. The molecule has 1 amide bonds. The van der Waals surface area contributed by atoms with Crippen LogP contribution in [-0.4, -0.2) is 42.2 Å². The number of nitrogens with zero attached hydrogens (tertiary/aromatic N) is 2. The molecule has 5 nitrogen and oxygen atoms in total.